The summed E-state index contributed by atoms with van der Waals surface area (Å²) < 4.78 is 43.0. The number of carbonyl (C=O) groups excluding carboxylic acids is 1. The number of carbonyl (C=O) groups is 1. The van der Waals surface area contributed by atoms with Crippen molar-refractivity contribution in [3.63, 3.8) is 0 Å². The number of anilines is 1. The predicted octanol–water partition coefficient (Wildman–Crippen LogP) is 2.28. The number of esters is 1. The van der Waals surface area contributed by atoms with Crippen LogP contribution in [0.5, 0.6) is 0 Å². The lowest BCUT2D eigenvalue weighted by atomic mass is 10.2. The number of hydrogen-bond acceptors (Lipinski definition) is 6. The second-order valence-electron chi connectivity index (χ2n) is 4.52. The number of methoxy groups -OCH3 is 1. The third-order valence-electron chi connectivity index (χ3n) is 3.12. The van der Waals surface area contributed by atoms with Crippen LogP contribution < -0.4 is 5.32 Å². The highest BCUT2D eigenvalue weighted by Crippen LogP contribution is 2.51. The molecular weight excluding hydrogens is 295 g/mol. The van der Waals surface area contributed by atoms with Crippen molar-refractivity contribution in [2.45, 2.75) is 24.6 Å². The second kappa shape index (κ2) is 4.86. The SMILES string of the molecule is COC(=O)c1ccc([N+](=O)[O-])c(NC2(C(F)(F)F)CC2)n1. The minimum absolute atomic E-state index is 0.211. The highest BCUT2D eigenvalue weighted by molar-refractivity contribution is 5.88. The molecule has 0 bridgehead atoms. The van der Waals surface area contributed by atoms with Crippen molar-refractivity contribution < 1.29 is 27.6 Å². The summed E-state index contributed by atoms with van der Waals surface area (Å²) in [5.41, 5.74) is -3.18. The van der Waals surface area contributed by atoms with Gasteiger partial charge in [0.25, 0.3) is 0 Å². The Hall–Kier alpha value is -2.39. The van der Waals surface area contributed by atoms with Crippen LogP contribution in [0.1, 0.15) is 23.3 Å². The van der Waals surface area contributed by atoms with E-state index in [0.717, 1.165) is 19.2 Å². The van der Waals surface area contributed by atoms with Crippen LogP contribution in [-0.2, 0) is 4.74 Å². The van der Waals surface area contributed by atoms with Gasteiger partial charge in [-0.3, -0.25) is 10.1 Å². The Balaban J connectivity index is 2.41. The Morgan fingerprint density at radius 1 is 1.48 bits per heavy atom. The summed E-state index contributed by atoms with van der Waals surface area (Å²) in [4.78, 5) is 24.9. The van der Waals surface area contributed by atoms with Gasteiger partial charge in [-0.15, -0.1) is 0 Å². The average Bonchev–Trinajstić information content (AvgIpc) is 3.17. The molecule has 7 nitrogen and oxygen atoms in total. The number of nitrogens with one attached hydrogen (secondary N) is 1. The normalized spacial score (nSPS) is 16.2. The molecule has 1 fully saturated rings. The summed E-state index contributed by atoms with van der Waals surface area (Å²) >= 11 is 0. The van der Waals surface area contributed by atoms with Crippen LogP contribution in [0.15, 0.2) is 12.1 Å². The maximum absolute atomic E-state index is 12.9. The van der Waals surface area contributed by atoms with E-state index < -0.39 is 34.1 Å². The van der Waals surface area contributed by atoms with E-state index in [1.807, 2.05) is 0 Å². The molecule has 114 valence electrons. The summed E-state index contributed by atoms with van der Waals surface area (Å²) in [5, 5.41) is 12.9. The van der Waals surface area contributed by atoms with Crippen LogP contribution in [0, 0.1) is 10.1 Å². The zero-order valence-corrected chi connectivity index (χ0v) is 10.7. The van der Waals surface area contributed by atoms with Crippen molar-refractivity contribution in [3.8, 4) is 0 Å². The summed E-state index contributed by atoms with van der Waals surface area (Å²) in [6.45, 7) is 0. The standard InChI is InChI=1S/C11H10F3N3O4/c1-21-9(18)6-2-3-7(17(19)20)8(15-6)16-10(4-5-10)11(12,13)14/h2-3H,4-5H2,1H3,(H,15,16). The average molecular weight is 305 g/mol. The van der Waals surface area contributed by atoms with Gasteiger partial charge in [-0.05, 0) is 18.9 Å². The molecule has 1 heterocycles. The van der Waals surface area contributed by atoms with Crippen LogP contribution in [0.4, 0.5) is 24.7 Å². The van der Waals surface area contributed by atoms with Gasteiger partial charge in [0.2, 0.25) is 5.82 Å². The second-order valence-corrected chi connectivity index (χ2v) is 4.52. The topological polar surface area (TPSA) is 94.4 Å². The first kappa shape index (κ1) is 15.0. The Morgan fingerprint density at radius 3 is 2.52 bits per heavy atom. The number of pyridine rings is 1. The van der Waals surface area contributed by atoms with Gasteiger partial charge in [0.15, 0.2) is 5.69 Å². The minimum atomic E-state index is -4.57. The van der Waals surface area contributed by atoms with Gasteiger partial charge in [0.05, 0.1) is 12.0 Å². The Kier molecular flexibility index (Phi) is 3.47. The van der Waals surface area contributed by atoms with Crippen molar-refractivity contribution >= 4 is 17.5 Å². The van der Waals surface area contributed by atoms with Crippen LogP contribution >= 0.6 is 0 Å². The van der Waals surface area contributed by atoms with Crippen LogP contribution in [0.3, 0.4) is 0 Å². The summed E-state index contributed by atoms with van der Waals surface area (Å²) in [7, 11) is 1.07. The smallest absolute Gasteiger partial charge is 0.411 e. The number of nitrogens with zero attached hydrogens (tertiary/aromatic N) is 2. The van der Waals surface area contributed by atoms with E-state index >= 15 is 0 Å². The largest absolute Gasteiger partial charge is 0.464 e. The molecule has 1 saturated carbocycles. The molecule has 0 saturated heterocycles. The van der Waals surface area contributed by atoms with Crippen molar-refractivity contribution in [1.82, 2.24) is 4.98 Å². The molecule has 0 aliphatic heterocycles. The van der Waals surface area contributed by atoms with Gasteiger partial charge < -0.3 is 10.1 Å². The number of hydrogen-bond donors (Lipinski definition) is 1. The number of halogens is 3. The molecule has 21 heavy (non-hydrogen) atoms. The zero-order chi connectivity index (χ0) is 15.8. The van der Waals surface area contributed by atoms with Crippen molar-refractivity contribution in [3.05, 3.63) is 27.9 Å². The van der Waals surface area contributed by atoms with E-state index in [1.54, 1.807) is 0 Å². The molecule has 2 rings (SSSR count). The number of ether oxygens (including phenoxy) is 1. The number of rotatable bonds is 4. The lowest BCUT2D eigenvalue weighted by Crippen LogP contribution is -2.39. The van der Waals surface area contributed by atoms with Gasteiger partial charge >= 0.3 is 17.8 Å². The molecule has 0 amide bonds. The van der Waals surface area contributed by atoms with Gasteiger partial charge in [-0.25, -0.2) is 9.78 Å². The van der Waals surface area contributed by atoms with Crippen LogP contribution in [0.25, 0.3) is 0 Å². The highest BCUT2D eigenvalue weighted by Gasteiger charge is 2.64. The quantitative estimate of drug-likeness (QED) is 0.521. The van der Waals surface area contributed by atoms with Gasteiger partial charge in [0, 0.05) is 6.07 Å². The Labute approximate surface area is 116 Å². The molecule has 0 atom stereocenters. The Bertz CT molecular complexity index is 599. The maximum atomic E-state index is 12.9. The number of nitro groups is 1. The van der Waals surface area contributed by atoms with Gasteiger partial charge in [0.1, 0.15) is 5.54 Å². The molecule has 0 unspecified atom stereocenters. The van der Waals surface area contributed by atoms with Crippen molar-refractivity contribution in [1.29, 1.82) is 0 Å². The van der Waals surface area contributed by atoms with Crippen LogP contribution in [0.2, 0.25) is 0 Å². The molecule has 10 heteroatoms. The number of alkyl halides is 3. The monoisotopic (exact) mass is 305 g/mol. The third kappa shape index (κ3) is 2.73. The lowest BCUT2D eigenvalue weighted by Gasteiger charge is -2.21. The summed E-state index contributed by atoms with van der Waals surface area (Å²) in [6, 6.07) is 1.93. The summed E-state index contributed by atoms with van der Waals surface area (Å²) in [5.74, 6) is -1.50. The predicted molar refractivity (Wildman–Crippen MR) is 63.9 cm³/mol. The van der Waals surface area contributed by atoms with Crippen molar-refractivity contribution in [2.75, 3.05) is 12.4 Å². The highest BCUT2D eigenvalue weighted by atomic mass is 19.4. The Morgan fingerprint density at radius 2 is 2.10 bits per heavy atom. The van der Waals surface area contributed by atoms with E-state index in [-0.39, 0.29) is 18.5 Å². The van der Waals surface area contributed by atoms with E-state index in [2.05, 4.69) is 15.0 Å². The maximum Gasteiger partial charge on any atom is 0.411 e. The lowest BCUT2D eigenvalue weighted by molar-refractivity contribution is -0.384. The van der Waals surface area contributed by atoms with E-state index in [1.165, 1.54) is 0 Å². The fraction of sp³-hybridized carbons (Fsp3) is 0.455. The molecule has 0 radical (unpaired) electrons. The van der Waals surface area contributed by atoms with Crippen molar-refractivity contribution in [2.24, 2.45) is 0 Å². The number of aromatic nitrogens is 1. The molecule has 1 aromatic rings. The van der Waals surface area contributed by atoms with Crippen LogP contribution in [-0.4, -0.2) is 34.7 Å². The fourth-order valence-corrected chi connectivity index (χ4v) is 1.74. The summed E-state index contributed by atoms with van der Waals surface area (Å²) in [6.07, 6.45) is -4.99. The zero-order valence-electron chi connectivity index (χ0n) is 10.7. The van der Waals surface area contributed by atoms with Gasteiger partial charge in [-0.1, -0.05) is 0 Å². The first-order valence-electron chi connectivity index (χ1n) is 5.79. The molecule has 0 aromatic carbocycles. The molecule has 1 N–H and O–H groups in total. The molecule has 0 spiro atoms. The van der Waals surface area contributed by atoms with E-state index in [9.17, 15) is 28.1 Å². The third-order valence-corrected chi connectivity index (χ3v) is 3.12. The minimum Gasteiger partial charge on any atom is -0.464 e. The van der Waals surface area contributed by atoms with Gasteiger partial charge in [-0.2, -0.15) is 13.2 Å². The molecule has 1 aromatic heterocycles. The van der Waals surface area contributed by atoms with E-state index in [0.29, 0.717) is 0 Å². The molecule has 1 aliphatic rings. The van der Waals surface area contributed by atoms with E-state index in [4.69, 9.17) is 0 Å². The molecule has 1 aliphatic carbocycles. The first-order chi connectivity index (χ1) is 9.70. The molecular formula is C11H10F3N3O4. The fourth-order valence-electron chi connectivity index (χ4n) is 1.74. The first-order valence-corrected chi connectivity index (χ1v) is 5.79.